The molecule has 0 radical (unpaired) electrons. The summed E-state index contributed by atoms with van der Waals surface area (Å²) in [5, 5.41) is 23.3. The number of hydrogen-bond acceptors (Lipinski definition) is 8. The monoisotopic (exact) mass is 380 g/mol. The number of nitrogens with zero attached hydrogens (tertiary/aromatic N) is 3. The van der Waals surface area contributed by atoms with Crippen LogP contribution in [0.4, 0.5) is 11.5 Å². The van der Waals surface area contributed by atoms with Gasteiger partial charge in [-0.05, 0) is 23.8 Å². The van der Waals surface area contributed by atoms with Crippen LogP contribution in [0.3, 0.4) is 0 Å². The number of carboxylic acid groups (broad SMARTS) is 1. The molecule has 26 heavy (non-hydrogen) atoms. The zero-order chi connectivity index (χ0) is 19.1. The number of halogens is 1. The molecule has 2 aromatic rings. The molecule has 0 saturated carbocycles. The molecule has 0 spiro atoms. The summed E-state index contributed by atoms with van der Waals surface area (Å²) in [6, 6.07) is 5.76. The van der Waals surface area contributed by atoms with E-state index in [0.29, 0.717) is 11.4 Å². The molecule has 0 saturated heterocycles. The van der Waals surface area contributed by atoms with E-state index >= 15 is 0 Å². The molecule has 0 amide bonds. The van der Waals surface area contributed by atoms with E-state index in [1.807, 2.05) is 0 Å². The van der Waals surface area contributed by atoms with Crippen molar-refractivity contribution >= 4 is 35.3 Å². The highest BCUT2D eigenvalue weighted by Crippen LogP contribution is 2.36. The van der Waals surface area contributed by atoms with Crippen LogP contribution in [0.15, 0.2) is 35.6 Å². The van der Waals surface area contributed by atoms with Gasteiger partial charge in [0.1, 0.15) is 12.0 Å². The number of pyridine rings is 1. The molecule has 1 aromatic carbocycles. The van der Waals surface area contributed by atoms with Crippen LogP contribution in [0.2, 0.25) is 5.02 Å². The van der Waals surface area contributed by atoms with Crippen molar-refractivity contribution in [1.29, 1.82) is 0 Å². The molecular weight excluding hydrogens is 368 g/mol. The lowest BCUT2D eigenvalue weighted by Gasteiger charge is -2.11. The summed E-state index contributed by atoms with van der Waals surface area (Å²) in [6.07, 6.45) is 2.52. The third-order valence-electron chi connectivity index (χ3n) is 2.94. The number of nitro groups is 1. The Labute approximate surface area is 152 Å². The number of aliphatic carboxylic acids is 1. The van der Waals surface area contributed by atoms with Gasteiger partial charge in [0.25, 0.3) is 5.69 Å². The van der Waals surface area contributed by atoms with E-state index in [1.165, 1.54) is 31.5 Å². The van der Waals surface area contributed by atoms with Gasteiger partial charge in [-0.25, -0.2) is 9.78 Å². The maximum absolute atomic E-state index is 10.6. The van der Waals surface area contributed by atoms with E-state index in [4.69, 9.17) is 26.2 Å². The molecule has 0 aliphatic rings. The van der Waals surface area contributed by atoms with Crippen molar-refractivity contribution in [3.8, 4) is 11.5 Å². The number of hydrogen-bond donors (Lipinski definition) is 2. The van der Waals surface area contributed by atoms with Crippen molar-refractivity contribution in [2.75, 3.05) is 19.1 Å². The van der Waals surface area contributed by atoms with Crippen LogP contribution in [-0.2, 0) is 4.79 Å². The molecule has 136 valence electrons. The highest BCUT2D eigenvalue weighted by Gasteiger charge is 2.13. The van der Waals surface area contributed by atoms with Gasteiger partial charge in [0.2, 0.25) is 0 Å². The van der Waals surface area contributed by atoms with Crippen molar-refractivity contribution < 1.29 is 24.3 Å². The SMILES string of the molecule is COc1cc(/C=N/Nc2ccc([N+](=O)[O-])cn2)cc(Cl)c1OCC(=O)O. The van der Waals surface area contributed by atoms with Crippen molar-refractivity contribution in [2.45, 2.75) is 0 Å². The van der Waals surface area contributed by atoms with Gasteiger partial charge >= 0.3 is 5.97 Å². The minimum Gasteiger partial charge on any atom is -0.493 e. The van der Waals surface area contributed by atoms with Gasteiger partial charge in [-0.2, -0.15) is 5.10 Å². The topological polar surface area (TPSA) is 136 Å². The molecule has 0 aliphatic carbocycles. The second kappa shape index (κ2) is 8.62. The average Bonchev–Trinajstić information content (AvgIpc) is 2.60. The predicted octanol–water partition coefficient (Wildman–Crippen LogP) is 2.56. The summed E-state index contributed by atoms with van der Waals surface area (Å²) in [6.45, 7) is -0.559. The third kappa shape index (κ3) is 5.05. The summed E-state index contributed by atoms with van der Waals surface area (Å²) in [7, 11) is 1.39. The Kier molecular flexibility index (Phi) is 6.28. The molecule has 0 unspecified atom stereocenters. The van der Waals surface area contributed by atoms with E-state index < -0.39 is 17.5 Å². The van der Waals surface area contributed by atoms with Crippen LogP contribution in [0.5, 0.6) is 11.5 Å². The van der Waals surface area contributed by atoms with Gasteiger partial charge in [0.05, 0.1) is 23.3 Å². The maximum Gasteiger partial charge on any atom is 0.341 e. The number of rotatable bonds is 8. The summed E-state index contributed by atoms with van der Waals surface area (Å²) in [4.78, 5) is 24.5. The molecule has 2 rings (SSSR count). The quantitative estimate of drug-likeness (QED) is 0.405. The van der Waals surface area contributed by atoms with Crippen LogP contribution in [0.25, 0.3) is 0 Å². The van der Waals surface area contributed by atoms with Gasteiger partial charge in [-0.15, -0.1) is 0 Å². The Morgan fingerprint density at radius 1 is 1.50 bits per heavy atom. The number of carbonyl (C=O) groups is 1. The van der Waals surface area contributed by atoms with Gasteiger partial charge in [-0.3, -0.25) is 15.5 Å². The fourth-order valence-electron chi connectivity index (χ4n) is 1.82. The van der Waals surface area contributed by atoms with Crippen LogP contribution in [0, 0.1) is 10.1 Å². The predicted molar refractivity (Wildman–Crippen MR) is 93.2 cm³/mol. The fraction of sp³-hybridized carbons (Fsp3) is 0.133. The summed E-state index contributed by atoms with van der Waals surface area (Å²) in [5.74, 6) is -0.479. The molecule has 1 aromatic heterocycles. The van der Waals surface area contributed by atoms with Crippen molar-refractivity contribution in [2.24, 2.45) is 5.10 Å². The van der Waals surface area contributed by atoms with Gasteiger partial charge < -0.3 is 14.6 Å². The fourth-order valence-corrected chi connectivity index (χ4v) is 2.10. The summed E-state index contributed by atoms with van der Waals surface area (Å²) in [5.41, 5.74) is 3.03. The maximum atomic E-state index is 10.6. The Bertz CT molecular complexity index is 841. The normalized spacial score (nSPS) is 10.5. The largest absolute Gasteiger partial charge is 0.493 e. The van der Waals surface area contributed by atoms with Crippen LogP contribution >= 0.6 is 11.6 Å². The lowest BCUT2D eigenvalue weighted by molar-refractivity contribution is -0.385. The van der Waals surface area contributed by atoms with Crippen molar-refractivity contribution in [1.82, 2.24) is 4.98 Å². The average molecular weight is 381 g/mol. The van der Waals surface area contributed by atoms with Gasteiger partial charge in [-0.1, -0.05) is 11.6 Å². The van der Waals surface area contributed by atoms with Gasteiger partial charge in [0, 0.05) is 6.07 Å². The van der Waals surface area contributed by atoms with Gasteiger partial charge in [0.15, 0.2) is 18.1 Å². The lowest BCUT2D eigenvalue weighted by Crippen LogP contribution is -2.10. The Morgan fingerprint density at radius 2 is 2.27 bits per heavy atom. The Hall–Kier alpha value is -3.40. The van der Waals surface area contributed by atoms with E-state index in [1.54, 1.807) is 6.07 Å². The highest BCUT2D eigenvalue weighted by atomic mass is 35.5. The first-order valence-corrected chi connectivity index (χ1v) is 7.40. The summed E-state index contributed by atoms with van der Waals surface area (Å²) >= 11 is 6.08. The number of ether oxygens (including phenoxy) is 2. The minimum atomic E-state index is -1.14. The molecule has 0 fully saturated rings. The van der Waals surface area contributed by atoms with Crippen LogP contribution in [0.1, 0.15) is 5.56 Å². The number of hydrazone groups is 1. The summed E-state index contributed by atoms with van der Waals surface area (Å²) < 4.78 is 10.2. The standard InChI is InChI=1S/C15H13ClN4O6/c1-25-12-5-9(4-11(16)15(12)26-8-14(21)22)6-18-19-13-3-2-10(7-17-13)20(23)24/h2-7H,8H2,1H3,(H,17,19)(H,21,22)/b18-6+. The van der Waals surface area contributed by atoms with Crippen molar-refractivity contribution in [3.63, 3.8) is 0 Å². The first-order valence-electron chi connectivity index (χ1n) is 7.02. The van der Waals surface area contributed by atoms with E-state index in [2.05, 4.69) is 15.5 Å². The van der Waals surface area contributed by atoms with Crippen molar-refractivity contribution in [3.05, 3.63) is 51.2 Å². The van der Waals surface area contributed by atoms with Crippen LogP contribution in [-0.4, -0.2) is 40.9 Å². The van der Waals surface area contributed by atoms with E-state index in [9.17, 15) is 14.9 Å². The van der Waals surface area contributed by atoms with Crippen LogP contribution < -0.4 is 14.9 Å². The number of benzene rings is 1. The second-order valence-corrected chi connectivity index (χ2v) is 5.15. The van der Waals surface area contributed by atoms with E-state index in [-0.39, 0.29) is 22.2 Å². The Morgan fingerprint density at radius 3 is 2.85 bits per heavy atom. The number of anilines is 1. The zero-order valence-electron chi connectivity index (χ0n) is 13.4. The lowest BCUT2D eigenvalue weighted by atomic mass is 10.2. The minimum absolute atomic E-state index is 0.110. The molecule has 0 aliphatic heterocycles. The highest BCUT2D eigenvalue weighted by molar-refractivity contribution is 6.32. The molecule has 1 heterocycles. The second-order valence-electron chi connectivity index (χ2n) is 4.75. The number of nitrogens with one attached hydrogen (secondary N) is 1. The number of aromatic nitrogens is 1. The van der Waals surface area contributed by atoms with E-state index in [0.717, 1.165) is 6.20 Å². The number of methoxy groups -OCH3 is 1. The first-order chi connectivity index (χ1) is 12.4. The molecule has 10 nitrogen and oxygen atoms in total. The molecule has 0 atom stereocenters. The smallest absolute Gasteiger partial charge is 0.341 e. The first kappa shape index (κ1) is 18.9. The zero-order valence-corrected chi connectivity index (χ0v) is 14.1. The third-order valence-corrected chi connectivity index (χ3v) is 3.22. The molecular formula is C15H13ClN4O6. The molecule has 2 N–H and O–H groups in total. The number of carboxylic acids is 1. The molecule has 0 bridgehead atoms. The Balaban J connectivity index is 2.10. The molecule has 11 heteroatoms.